The van der Waals surface area contributed by atoms with E-state index < -0.39 is 11.5 Å². The van der Waals surface area contributed by atoms with Gasteiger partial charge in [-0.15, -0.1) is 0 Å². The fourth-order valence-corrected chi connectivity index (χ4v) is 5.01. The summed E-state index contributed by atoms with van der Waals surface area (Å²) in [6.07, 6.45) is -0.566. The zero-order chi connectivity index (χ0) is 22.4. The van der Waals surface area contributed by atoms with E-state index in [-0.39, 0.29) is 29.6 Å². The van der Waals surface area contributed by atoms with E-state index in [2.05, 4.69) is 31.4 Å². The zero-order valence-corrected chi connectivity index (χ0v) is 19.3. The van der Waals surface area contributed by atoms with Gasteiger partial charge in [0, 0.05) is 28.2 Å². The van der Waals surface area contributed by atoms with Crippen LogP contribution in [0.3, 0.4) is 0 Å². The van der Waals surface area contributed by atoms with Gasteiger partial charge >= 0.3 is 0 Å². The van der Waals surface area contributed by atoms with Gasteiger partial charge in [0.15, 0.2) is 0 Å². The first kappa shape index (κ1) is 22.1. The molecule has 0 unspecified atom stereocenters. The molecule has 2 aromatic carbocycles. The predicted molar refractivity (Wildman–Crippen MR) is 123 cm³/mol. The molecule has 2 N–H and O–H groups in total. The summed E-state index contributed by atoms with van der Waals surface area (Å²) in [6, 6.07) is 12.8. The second kappa shape index (κ2) is 8.12. The van der Waals surface area contributed by atoms with E-state index in [9.17, 15) is 9.59 Å². The smallest absolute Gasteiger partial charge is 0.238 e. The molecule has 2 aromatic rings. The maximum Gasteiger partial charge on any atom is 0.238 e. The van der Waals surface area contributed by atoms with E-state index in [0.717, 1.165) is 11.1 Å². The first-order valence-corrected chi connectivity index (χ1v) is 11.1. The predicted octanol–water partition coefficient (Wildman–Crippen LogP) is 4.92. The Kier molecular flexibility index (Phi) is 5.80. The van der Waals surface area contributed by atoms with Gasteiger partial charge in [-0.1, -0.05) is 62.2 Å². The van der Waals surface area contributed by atoms with Crippen LogP contribution in [0.15, 0.2) is 42.5 Å². The number of carbonyl (C=O) groups excluding carboxylic acids is 2. The molecule has 0 aromatic heterocycles. The highest BCUT2D eigenvalue weighted by atomic mass is 35.5. The van der Waals surface area contributed by atoms with Gasteiger partial charge in [0.1, 0.15) is 5.41 Å². The minimum atomic E-state index is -1.10. The number of hydrogen-bond acceptors (Lipinski definition) is 3. The summed E-state index contributed by atoms with van der Waals surface area (Å²) < 4.78 is 6.39. The van der Waals surface area contributed by atoms with Crippen molar-refractivity contribution < 1.29 is 14.3 Å². The molecule has 0 radical (unpaired) electrons. The summed E-state index contributed by atoms with van der Waals surface area (Å²) in [4.78, 5) is 26.5. The lowest BCUT2D eigenvalue weighted by molar-refractivity contribution is -0.133. The van der Waals surface area contributed by atoms with Crippen molar-refractivity contribution in [2.24, 2.45) is 5.41 Å². The normalized spacial score (nSPS) is 25.7. The van der Waals surface area contributed by atoms with Crippen molar-refractivity contribution in [1.82, 2.24) is 5.32 Å². The van der Waals surface area contributed by atoms with Crippen molar-refractivity contribution in [3.05, 3.63) is 63.6 Å². The number of amides is 2. The molecule has 0 aliphatic carbocycles. The van der Waals surface area contributed by atoms with Crippen LogP contribution in [0.1, 0.15) is 44.2 Å². The van der Waals surface area contributed by atoms with Crippen molar-refractivity contribution in [3.63, 3.8) is 0 Å². The molecule has 2 heterocycles. The second-order valence-electron chi connectivity index (χ2n) is 9.49. The van der Waals surface area contributed by atoms with Crippen LogP contribution in [0, 0.1) is 5.41 Å². The molecule has 7 heteroatoms. The number of fused-ring (bicyclic) bond motifs is 2. The molecule has 31 heavy (non-hydrogen) atoms. The third kappa shape index (κ3) is 4.07. The van der Waals surface area contributed by atoms with Crippen molar-refractivity contribution in [3.8, 4) is 0 Å². The Morgan fingerprint density at radius 1 is 1.10 bits per heavy atom. The van der Waals surface area contributed by atoms with Gasteiger partial charge in [-0.3, -0.25) is 9.59 Å². The van der Waals surface area contributed by atoms with Crippen LogP contribution in [-0.2, 0) is 19.7 Å². The quantitative estimate of drug-likeness (QED) is 0.682. The molecule has 1 saturated heterocycles. The van der Waals surface area contributed by atoms with Gasteiger partial charge in [-0.25, -0.2) is 0 Å². The summed E-state index contributed by atoms with van der Waals surface area (Å²) in [5, 5.41) is 7.10. The van der Waals surface area contributed by atoms with Crippen LogP contribution in [0.25, 0.3) is 0 Å². The Hall–Kier alpha value is -2.08. The van der Waals surface area contributed by atoms with E-state index in [1.807, 2.05) is 24.3 Å². The lowest BCUT2D eigenvalue weighted by atomic mass is 9.64. The topological polar surface area (TPSA) is 67.4 Å². The molecule has 1 fully saturated rings. The molecule has 0 bridgehead atoms. The number of ether oxygens (including phenoxy) is 1. The Labute approximate surface area is 192 Å². The molecular weight excluding hydrogens is 435 g/mol. The largest absolute Gasteiger partial charge is 0.376 e. The van der Waals surface area contributed by atoms with Crippen LogP contribution in [-0.4, -0.2) is 31.1 Å². The lowest BCUT2D eigenvalue weighted by Gasteiger charge is -2.41. The molecule has 4 rings (SSSR count). The minimum Gasteiger partial charge on any atom is -0.376 e. The average molecular weight is 461 g/mol. The Morgan fingerprint density at radius 3 is 2.55 bits per heavy atom. The maximum atomic E-state index is 13.8. The molecular formula is C24H26Cl2N2O3. The van der Waals surface area contributed by atoms with Gasteiger partial charge in [0.2, 0.25) is 11.8 Å². The van der Waals surface area contributed by atoms with Gasteiger partial charge < -0.3 is 15.4 Å². The Balaban J connectivity index is 1.94. The molecule has 1 spiro atoms. The first-order chi connectivity index (χ1) is 14.6. The highest BCUT2D eigenvalue weighted by Crippen LogP contribution is 2.52. The van der Waals surface area contributed by atoms with E-state index in [4.69, 9.17) is 27.9 Å². The number of carbonyl (C=O) groups is 2. The van der Waals surface area contributed by atoms with E-state index >= 15 is 0 Å². The number of benzene rings is 2. The Bertz CT molecular complexity index is 1030. The molecule has 164 valence electrons. The maximum absolute atomic E-state index is 13.8. The average Bonchev–Trinajstić information content (AvgIpc) is 2.86. The monoisotopic (exact) mass is 460 g/mol. The van der Waals surface area contributed by atoms with Crippen molar-refractivity contribution >= 4 is 40.7 Å². The highest BCUT2D eigenvalue weighted by Gasteiger charge is 2.60. The van der Waals surface area contributed by atoms with Crippen molar-refractivity contribution in [2.75, 3.05) is 18.5 Å². The van der Waals surface area contributed by atoms with Crippen LogP contribution >= 0.6 is 23.2 Å². The van der Waals surface area contributed by atoms with Crippen LogP contribution in [0.4, 0.5) is 5.69 Å². The van der Waals surface area contributed by atoms with Crippen molar-refractivity contribution in [1.29, 1.82) is 0 Å². The highest BCUT2D eigenvalue weighted by molar-refractivity contribution is 6.31. The van der Waals surface area contributed by atoms with E-state index in [0.29, 0.717) is 28.9 Å². The van der Waals surface area contributed by atoms with Gasteiger partial charge in [0.05, 0.1) is 19.1 Å². The SMILES string of the molecule is CC(C)(C)CO[C@H]1CC(=O)NC[C@@H](c2cccc(Cl)c2)[C@]12C(=O)Nc1cc(Cl)ccc12. The fraction of sp³-hybridized carbons (Fsp3) is 0.417. The summed E-state index contributed by atoms with van der Waals surface area (Å²) in [5.74, 6) is -0.701. The molecule has 2 aliphatic rings. The fourth-order valence-electron chi connectivity index (χ4n) is 4.64. The van der Waals surface area contributed by atoms with E-state index in [1.54, 1.807) is 18.2 Å². The molecule has 0 saturated carbocycles. The molecule has 2 amide bonds. The standard InChI is InChI=1S/C24H26Cl2N2O3/c1-23(2,3)13-31-20-11-21(29)27-12-18(14-5-4-6-15(25)9-14)24(20)17-8-7-16(26)10-19(17)28-22(24)30/h4-10,18,20H,11-13H2,1-3H3,(H,27,29)(H,28,30)/t18-,20-,24-/m0/s1. The summed E-state index contributed by atoms with van der Waals surface area (Å²) >= 11 is 12.5. The molecule has 5 nitrogen and oxygen atoms in total. The third-order valence-electron chi connectivity index (χ3n) is 5.95. The van der Waals surface area contributed by atoms with Crippen LogP contribution < -0.4 is 10.6 Å². The number of hydrogen-bond donors (Lipinski definition) is 2. The van der Waals surface area contributed by atoms with Gasteiger partial charge in [-0.05, 0) is 40.8 Å². The zero-order valence-electron chi connectivity index (χ0n) is 17.8. The van der Waals surface area contributed by atoms with Gasteiger partial charge in [-0.2, -0.15) is 0 Å². The number of anilines is 1. The van der Waals surface area contributed by atoms with Crippen molar-refractivity contribution in [2.45, 2.75) is 44.6 Å². The van der Waals surface area contributed by atoms with Crippen LogP contribution in [0.2, 0.25) is 10.0 Å². The summed E-state index contributed by atoms with van der Waals surface area (Å²) in [5.41, 5.74) is 1.09. The number of nitrogens with one attached hydrogen (secondary N) is 2. The molecule has 2 aliphatic heterocycles. The second-order valence-corrected chi connectivity index (χ2v) is 10.4. The molecule has 3 atom stereocenters. The summed E-state index contributed by atoms with van der Waals surface area (Å²) in [6.45, 7) is 6.89. The number of halogens is 2. The third-order valence-corrected chi connectivity index (χ3v) is 6.42. The van der Waals surface area contributed by atoms with E-state index in [1.165, 1.54) is 0 Å². The summed E-state index contributed by atoms with van der Waals surface area (Å²) in [7, 11) is 0. The lowest BCUT2D eigenvalue weighted by Crippen LogP contribution is -2.52. The Morgan fingerprint density at radius 2 is 1.84 bits per heavy atom. The van der Waals surface area contributed by atoms with Gasteiger partial charge in [0.25, 0.3) is 0 Å². The first-order valence-electron chi connectivity index (χ1n) is 10.4. The minimum absolute atomic E-state index is 0.0859. The van der Waals surface area contributed by atoms with Crippen LogP contribution in [0.5, 0.6) is 0 Å². The number of rotatable bonds is 3.